The van der Waals surface area contributed by atoms with Crippen molar-refractivity contribution in [1.29, 1.82) is 5.26 Å². The fraction of sp³-hybridized carbons (Fsp3) is 0.333. The van der Waals surface area contributed by atoms with E-state index in [1.165, 1.54) is 4.68 Å². The first-order valence-corrected chi connectivity index (χ1v) is 10.9. The molecule has 4 aromatic rings. The Morgan fingerprint density at radius 3 is 2.82 bits per heavy atom. The Bertz CT molecular complexity index is 1400. The lowest BCUT2D eigenvalue weighted by atomic mass is 10.1. The smallest absolute Gasteiger partial charge is 0.167 e. The predicted octanol–water partition coefficient (Wildman–Crippen LogP) is 4.82. The summed E-state index contributed by atoms with van der Waals surface area (Å²) in [5.74, 6) is 2.31. The van der Waals surface area contributed by atoms with Crippen LogP contribution in [0.25, 0.3) is 22.3 Å². The Morgan fingerprint density at radius 1 is 1.29 bits per heavy atom. The number of halogens is 1. The van der Waals surface area contributed by atoms with Gasteiger partial charge in [0, 0.05) is 30.2 Å². The maximum absolute atomic E-state index is 15.0. The van der Waals surface area contributed by atoms with Crippen molar-refractivity contribution in [2.45, 2.75) is 38.3 Å². The van der Waals surface area contributed by atoms with Crippen LogP contribution < -0.4 is 14.8 Å². The minimum absolute atomic E-state index is 0.180. The molecular weight excluding hydrogens is 439 g/mol. The fourth-order valence-electron chi connectivity index (χ4n) is 3.92. The molecule has 0 amide bonds. The molecule has 3 aromatic heterocycles. The number of ether oxygens (including phenoxy) is 2. The van der Waals surface area contributed by atoms with E-state index in [0.717, 1.165) is 30.4 Å². The number of nitriles is 1. The van der Waals surface area contributed by atoms with E-state index in [9.17, 15) is 5.26 Å². The molecule has 10 heteroatoms. The number of nitrogens with one attached hydrogen (secondary N) is 1. The molecule has 0 spiro atoms. The van der Waals surface area contributed by atoms with Crippen molar-refractivity contribution >= 4 is 16.7 Å². The first-order chi connectivity index (χ1) is 16.5. The summed E-state index contributed by atoms with van der Waals surface area (Å²) in [6, 6.07) is 8.77. The minimum Gasteiger partial charge on any atom is -0.497 e. The minimum atomic E-state index is -0.697. The van der Waals surface area contributed by atoms with Gasteiger partial charge in [-0.05, 0) is 31.9 Å². The second-order valence-electron chi connectivity index (χ2n) is 8.20. The quantitative estimate of drug-likeness (QED) is 0.397. The number of rotatable bonds is 8. The van der Waals surface area contributed by atoms with Crippen LogP contribution in [0.4, 0.5) is 10.2 Å². The van der Waals surface area contributed by atoms with Crippen molar-refractivity contribution in [3.63, 3.8) is 0 Å². The molecule has 1 aliphatic rings. The standard InChI is InChI=1S/C24H23FN6O3/c1-13(10-26)31-23-17(25)12-28-24(27-11-15-6-7-16(32-2)8-19(15)33-3)21(23)22(29-31)18-9-20(34-30-18)14-4-5-14/h6-9,12-14H,4-5,11H2,1-3H3,(H,27,28). The number of pyridine rings is 1. The summed E-state index contributed by atoms with van der Waals surface area (Å²) in [6.45, 7) is 2.01. The van der Waals surface area contributed by atoms with Crippen LogP contribution >= 0.6 is 0 Å². The number of aromatic nitrogens is 4. The SMILES string of the molecule is COc1ccc(CNc2ncc(F)c3c2c(-c2cc(C4CC4)on2)nn3C(C)C#N)c(OC)c1. The van der Waals surface area contributed by atoms with E-state index in [0.29, 0.717) is 46.6 Å². The zero-order valence-corrected chi connectivity index (χ0v) is 19.0. The van der Waals surface area contributed by atoms with Gasteiger partial charge in [0.05, 0.1) is 31.9 Å². The van der Waals surface area contributed by atoms with E-state index in [1.807, 2.05) is 18.2 Å². The first kappa shape index (κ1) is 21.7. The summed E-state index contributed by atoms with van der Waals surface area (Å²) < 4.78 is 32.6. The maximum atomic E-state index is 15.0. The fourth-order valence-corrected chi connectivity index (χ4v) is 3.92. The molecule has 0 saturated heterocycles. The zero-order chi connectivity index (χ0) is 23.8. The third-order valence-corrected chi connectivity index (χ3v) is 5.93. The topological polar surface area (TPSA) is 111 Å². The molecule has 5 rings (SSSR count). The summed E-state index contributed by atoms with van der Waals surface area (Å²) in [6.07, 6.45) is 3.24. The van der Waals surface area contributed by atoms with Crippen LogP contribution in [-0.2, 0) is 6.54 Å². The Morgan fingerprint density at radius 2 is 2.12 bits per heavy atom. The molecule has 1 aliphatic carbocycles. The van der Waals surface area contributed by atoms with E-state index in [1.54, 1.807) is 27.2 Å². The van der Waals surface area contributed by atoms with E-state index < -0.39 is 11.9 Å². The van der Waals surface area contributed by atoms with Gasteiger partial charge < -0.3 is 19.3 Å². The van der Waals surface area contributed by atoms with Gasteiger partial charge in [-0.1, -0.05) is 5.16 Å². The average molecular weight is 462 g/mol. The molecule has 1 saturated carbocycles. The van der Waals surface area contributed by atoms with Crippen LogP contribution in [0, 0.1) is 17.1 Å². The lowest BCUT2D eigenvalue weighted by Gasteiger charge is -2.13. The molecule has 9 nitrogen and oxygen atoms in total. The first-order valence-electron chi connectivity index (χ1n) is 10.9. The molecule has 1 aromatic carbocycles. The summed E-state index contributed by atoms with van der Waals surface area (Å²) in [7, 11) is 3.17. The van der Waals surface area contributed by atoms with Crippen molar-refractivity contribution < 1.29 is 18.4 Å². The monoisotopic (exact) mass is 462 g/mol. The molecular formula is C24H23FN6O3. The maximum Gasteiger partial charge on any atom is 0.167 e. The Balaban J connectivity index is 1.60. The molecule has 3 heterocycles. The third-order valence-electron chi connectivity index (χ3n) is 5.93. The third kappa shape index (κ3) is 3.79. The molecule has 1 unspecified atom stereocenters. The Kier molecular flexibility index (Phi) is 5.53. The van der Waals surface area contributed by atoms with Crippen LogP contribution in [0.5, 0.6) is 11.5 Å². The van der Waals surface area contributed by atoms with E-state index in [4.69, 9.17) is 14.0 Å². The van der Waals surface area contributed by atoms with Gasteiger partial charge >= 0.3 is 0 Å². The van der Waals surface area contributed by atoms with E-state index in [2.05, 4.69) is 26.6 Å². The number of methoxy groups -OCH3 is 2. The molecule has 174 valence electrons. The second kappa shape index (κ2) is 8.67. The van der Waals surface area contributed by atoms with Crippen molar-refractivity contribution in [1.82, 2.24) is 19.9 Å². The zero-order valence-electron chi connectivity index (χ0n) is 19.0. The van der Waals surface area contributed by atoms with Crippen molar-refractivity contribution in [2.75, 3.05) is 19.5 Å². The number of benzene rings is 1. The molecule has 1 N–H and O–H groups in total. The predicted molar refractivity (Wildman–Crippen MR) is 122 cm³/mol. The summed E-state index contributed by atoms with van der Waals surface area (Å²) in [5, 5.41) is 22.0. The normalized spacial score (nSPS) is 14.1. The highest BCUT2D eigenvalue weighted by molar-refractivity contribution is 6.00. The van der Waals surface area contributed by atoms with Crippen molar-refractivity contribution in [2.24, 2.45) is 0 Å². The van der Waals surface area contributed by atoms with Crippen LogP contribution in [0.3, 0.4) is 0 Å². The Hall–Kier alpha value is -4.13. The highest BCUT2D eigenvalue weighted by Crippen LogP contribution is 2.42. The van der Waals surface area contributed by atoms with Crippen molar-refractivity contribution in [3.05, 3.63) is 47.6 Å². The van der Waals surface area contributed by atoms with Crippen LogP contribution in [0.1, 0.15) is 43.0 Å². The van der Waals surface area contributed by atoms with Gasteiger partial charge in [0.1, 0.15) is 46.0 Å². The molecule has 0 bridgehead atoms. The summed E-state index contributed by atoms with van der Waals surface area (Å²) in [4.78, 5) is 4.30. The van der Waals surface area contributed by atoms with Gasteiger partial charge in [-0.3, -0.25) is 0 Å². The number of anilines is 1. The van der Waals surface area contributed by atoms with Gasteiger partial charge in [-0.25, -0.2) is 14.1 Å². The summed E-state index contributed by atoms with van der Waals surface area (Å²) >= 11 is 0. The van der Waals surface area contributed by atoms with Gasteiger partial charge in [-0.2, -0.15) is 10.4 Å². The number of hydrogen-bond donors (Lipinski definition) is 1. The molecule has 0 radical (unpaired) electrons. The van der Waals surface area contributed by atoms with Gasteiger partial charge in [0.15, 0.2) is 5.82 Å². The number of nitrogens with zero attached hydrogens (tertiary/aromatic N) is 5. The highest BCUT2D eigenvalue weighted by atomic mass is 19.1. The molecule has 1 atom stereocenters. The van der Waals surface area contributed by atoms with Crippen LogP contribution in [0.15, 0.2) is 35.0 Å². The van der Waals surface area contributed by atoms with E-state index >= 15 is 4.39 Å². The van der Waals surface area contributed by atoms with Crippen molar-refractivity contribution in [3.8, 4) is 29.0 Å². The van der Waals surface area contributed by atoms with Gasteiger partial charge in [0.2, 0.25) is 0 Å². The largest absolute Gasteiger partial charge is 0.497 e. The lowest BCUT2D eigenvalue weighted by molar-refractivity contribution is 0.386. The molecule has 0 aliphatic heterocycles. The molecule has 34 heavy (non-hydrogen) atoms. The van der Waals surface area contributed by atoms with Crippen LogP contribution in [-0.4, -0.2) is 34.1 Å². The number of hydrogen-bond acceptors (Lipinski definition) is 8. The average Bonchev–Trinajstić information content (AvgIpc) is 3.45. The number of fused-ring (bicyclic) bond motifs is 1. The Labute approximate surface area is 195 Å². The molecule has 1 fully saturated rings. The lowest BCUT2D eigenvalue weighted by Crippen LogP contribution is -2.07. The highest BCUT2D eigenvalue weighted by Gasteiger charge is 2.30. The van der Waals surface area contributed by atoms with Gasteiger partial charge in [-0.15, -0.1) is 0 Å². The second-order valence-corrected chi connectivity index (χ2v) is 8.20. The van der Waals surface area contributed by atoms with E-state index in [-0.39, 0.29) is 5.52 Å². The van der Waals surface area contributed by atoms with Crippen LogP contribution in [0.2, 0.25) is 0 Å². The summed E-state index contributed by atoms with van der Waals surface area (Å²) in [5.41, 5.74) is 1.93. The van der Waals surface area contributed by atoms with Gasteiger partial charge in [0.25, 0.3) is 0 Å².